The largest absolute Gasteiger partial charge is 0.320 e. The summed E-state index contributed by atoms with van der Waals surface area (Å²) in [5.41, 5.74) is 8.53. The van der Waals surface area contributed by atoms with Gasteiger partial charge in [-0.25, -0.2) is 5.01 Å². The van der Waals surface area contributed by atoms with E-state index in [1.165, 1.54) is 11.3 Å². The van der Waals surface area contributed by atoms with Gasteiger partial charge in [0, 0.05) is 19.5 Å². The molecule has 0 unspecified atom stereocenters. The standard InChI is InChI=1S/C10H13N3OS/c1-13(2)12-10(14)8-6-9(15-7-8)4-3-5-11/h6-7H,5,11H2,1-2H3,(H,12,14). The topological polar surface area (TPSA) is 58.4 Å². The molecule has 0 radical (unpaired) electrons. The predicted molar refractivity (Wildman–Crippen MR) is 61.4 cm³/mol. The minimum atomic E-state index is -0.128. The zero-order valence-corrected chi connectivity index (χ0v) is 9.52. The molecule has 1 amide bonds. The number of amides is 1. The van der Waals surface area contributed by atoms with Crippen molar-refractivity contribution in [3.05, 3.63) is 21.9 Å². The van der Waals surface area contributed by atoms with Crippen LogP contribution in [0.1, 0.15) is 15.2 Å². The number of hydrogen-bond donors (Lipinski definition) is 2. The molecule has 1 aromatic rings. The molecular weight excluding hydrogens is 210 g/mol. The van der Waals surface area contributed by atoms with E-state index in [9.17, 15) is 4.79 Å². The molecule has 0 bridgehead atoms. The van der Waals surface area contributed by atoms with Crippen LogP contribution in [-0.4, -0.2) is 31.6 Å². The maximum Gasteiger partial charge on any atom is 0.266 e. The van der Waals surface area contributed by atoms with Crippen LogP contribution in [0.4, 0.5) is 0 Å². The van der Waals surface area contributed by atoms with Crippen molar-refractivity contribution in [1.29, 1.82) is 0 Å². The SMILES string of the molecule is CN(C)NC(=O)c1csc(C#CCN)c1. The van der Waals surface area contributed by atoms with Gasteiger partial charge in [0.1, 0.15) is 0 Å². The van der Waals surface area contributed by atoms with Crippen LogP contribution in [0.25, 0.3) is 0 Å². The first-order chi connectivity index (χ1) is 7.13. The molecule has 80 valence electrons. The Bertz CT molecular complexity index is 400. The number of nitrogens with one attached hydrogen (secondary N) is 1. The van der Waals surface area contributed by atoms with E-state index >= 15 is 0 Å². The van der Waals surface area contributed by atoms with E-state index in [0.717, 1.165) is 4.88 Å². The van der Waals surface area contributed by atoms with Crippen molar-refractivity contribution in [2.45, 2.75) is 0 Å². The van der Waals surface area contributed by atoms with Gasteiger partial charge in [0.05, 0.1) is 17.0 Å². The highest BCUT2D eigenvalue weighted by Gasteiger charge is 2.07. The van der Waals surface area contributed by atoms with Crippen LogP contribution in [0.5, 0.6) is 0 Å². The summed E-state index contributed by atoms with van der Waals surface area (Å²) in [5.74, 6) is 5.50. The summed E-state index contributed by atoms with van der Waals surface area (Å²) in [5, 5.41) is 3.38. The Morgan fingerprint density at radius 3 is 3.00 bits per heavy atom. The van der Waals surface area contributed by atoms with E-state index < -0.39 is 0 Å². The summed E-state index contributed by atoms with van der Waals surface area (Å²) in [6, 6.07) is 1.76. The lowest BCUT2D eigenvalue weighted by Crippen LogP contribution is -2.35. The minimum Gasteiger partial charge on any atom is -0.320 e. The van der Waals surface area contributed by atoms with Crippen molar-refractivity contribution >= 4 is 17.2 Å². The normalized spacial score (nSPS) is 9.60. The molecule has 0 fully saturated rings. The fraction of sp³-hybridized carbons (Fsp3) is 0.300. The summed E-state index contributed by atoms with van der Waals surface area (Å²) >= 11 is 1.44. The Kier molecular flexibility index (Phi) is 4.31. The number of rotatable bonds is 2. The van der Waals surface area contributed by atoms with Gasteiger partial charge in [0.2, 0.25) is 0 Å². The molecule has 0 spiro atoms. The van der Waals surface area contributed by atoms with Gasteiger partial charge < -0.3 is 5.73 Å². The van der Waals surface area contributed by atoms with Crippen LogP contribution in [0.3, 0.4) is 0 Å². The minimum absolute atomic E-state index is 0.128. The highest BCUT2D eigenvalue weighted by molar-refractivity contribution is 7.10. The van der Waals surface area contributed by atoms with Gasteiger partial charge in [-0.3, -0.25) is 10.2 Å². The maximum absolute atomic E-state index is 11.5. The number of hydrazine groups is 1. The first-order valence-electron chi connectivity index (χ1n) is 4.39. The molecule has 0 aliphatic heterocycles. The molecule has 5 heteroatoms. The molecule has 0 aromatic carbocycles. The highest BCUT2D eigenvalue weighted by atomic mass is 32.1. The molecule has 1 aromatic heterocycles. The quantitative estimate of drug-likeness (QED) is 0.559. The summed E-state index contributed by atoms with van der Waals surface area (Å²) in [6.07, 6.45) is 0. The van der Waals surface area contributed by atoms with Crippen LogP contribution < -0.4 is 11.2 Å². The van der Waals surface area contributed by atoms with E-state index in [4.69, 9.17) is 5.73 Å². The second-order valence-electron chi connectivity index (χ2n) is 3.04. The van der Waals surface area contributed by atoms with Crippen molar-refractivity contribution in [3.63, 3.8) is 0 Å². The predicted octanol–water partition coefficient (Wildman–Crippen LogP) is 0.265. The van der Waals surface area contributed by atoms with E-state index in [-0.39, 0.29) is 5.91 Å². The van der Waals surface area contributed by atoms with Crippen molar-refractivity contribution in [1.82, 2.24) is 10.4 Å². The number of carbonyl (C=O) groups is 1. The molecule has 1 rings (SSSR count). The maximum atomic E-state index is 11.5. The van der Waals surface area contributed by atoms with E-state index in [0.29, 0.717) is 12.1 Å². The Morgan fingerprint density at radius 1 is 1.67 bits per heavy atom. The number of nitrogens with zero attached hydrogens (tertiary/aromatic N) is 1. The molecule has 0 atom stereocenters. The molecule has 0 aliphatic rings. The van der Waals surface area contributed by atoms with Gasteiger partial charge in [0.15, 0.2) is 0 Å². The smallest absolute Gasteiger partial charge is 0.266 e. The van der Waals surface area contributed by atoms with Gasteiger partial charge in [-0.05, 0) is 6.07 Å². The number of hydrogen-bond acceptors (Lipinski definition) is 4. The first-order valence-corrected chi connectivity index (χ1v) is 5.27. The average Bonchev–Trinajstić information content (AvgIpc) is 2.62. The second-order valence-corrected chi connectivity index (χ2v) is 3.95. The fourth-order valence-electron chi connectivity index (χ4n) is 0.927. The lowest BCUT2D eigenvalue weighted by atomic mass is 10.3. The zero-order valence-electron chi connectivity index (χ0n) is 8.70. The second kappa shape index (κ2) is 5.51. The molecule has 0 aliphatic carbocycles. The number of nitrogens with two attached hydrogens (primary N) is 1. The Morgan fingerprint density at radius 2 is 2.40 bits per heavy atom. The number of thiophene rings is 1. The van der Waals surface area contributed by atoms with Crippen LogP contribution in [0.2, 0.25) is 0 Å². The van der Waals surface area contributed by atoms with Crippen molar-refractivity contribution in [2.75, 3.05) is 20.6 Å². The van der Waals surface area contributed by atoms with Crippen LogP contribution in [-0.2, 0) is 0 Å². The van der Waals surface area contributed by atoms with E-state index in [2.05, 4.69) is 17.3 Å². The van der Waals surface area contributed by atoms with Gasteiger partial charge in [-0.1, -0.05) is 11.8 Å². The molecule has 15 heavy (non-hydrogen) atoms. The van der Waals surface area contributed by atoms with E-state index in [1.54, 1.807) is 30.6 Å². The van der Waals surface area contributed by atoms with Crippen molar-refractivity contribution in [2.24, 2.45) is 5.73 Å². The molecule has 0 saturated heterocycles. The van der Waals surface area contributed by atoms with Gasteiger partial charge >= 0.3 is 0 Å². The zero-order chi connectivity index (χ0) is 11.3. The van der Waals surface area contributed by atoms with Crippen LogP contribution in [0.15, 0.2) is 11.4 Å². The average molecular weight is 223 g/mol. The van der Waals surface area contributed by atoms with E-state index in [1.807, 2.05) is 0 Å². The third-order valence-electron chi connectivity index (χ3n) is 1.50. The third kappa shape index (κ3) is 3.72. The van der Waals surface area contributed by atoms with Gasteiger partial charge in [0.25, 0.3) is 5.91 Å². The lowest BCUT2D eigenvalue weighted by Gasteiger charge is -2.10. The molecular formula is C10H13N3OS. The molecule has 0 saturated carbocycles. The molecule has 1 heterocycles. The van der Waals surface area contributed by atoms with Crippen LogP contribution in [0, 0.1) is 11.8 Å². The van der Waals surface area contributed by atoms with Gasteiger partial charge in [-0.2, -0.15) is 0 Å². The Labute approximate surface area is 93.0 Å². The Hall–Kier alpha value is -1.35. The number of carbonyl (C=O) groups excluding carboxylic acids is 1. The lowest BCUT2D eigenvalue weighted by molar-refractivity contribution is 0.0857. The fourth-order valence-corrected chi connectivity index (χ4v) is 1.68. The molecule has 3 N–H and O–H groups in total. The van der Waals surface area contributed by atoms with Gasteiger partial charge in [-0.15, -0.1) is 11.3 Å². The summed E-state index contributed by atoms with van der Waals surface area (Å²) in [6.45, 7) is 0.330. The highest BCUT2D eigenvalue weighted by Crippen LogP contribution is 2.13. The van der Waals surface area contributed by atoms with Crippen molar-refractivity contribution < 1.29 is 4.79 Å². The monoisotopic (exact) mass is 223 g/mol. The summed E-state index contributed by atoms with van der Waals surface area (Å²) < 4.78 is 0. The Balaban J connectivity index is 2.71. The van der Waals surface area contributed by atoms with Crippen molar-refractivity contribution in [3.8, 4) is 11.8 Å². The third-order valence-corrected chi connectivity index (χ3v) is 2.35. The summed E-state index contributed by atoms with van der Waals surface area (Å²) in [4.78, 5) is 12.4. The van der Waals surface area contributed by atoms with Crippen LogP contribution >= 0.6 is 11.3 Å². The molecule has 4 nitrogen and oxygen atoms in total. The summed E-state index contributed by atoms with van der Waals surface area (Å²) in [7, 11) is 3.53. The first kappa shape index (κ1) is 11.7.